The van der Waals surface area contributed by atoms with Crippen LogP contribution in [0.5, 0.6) is 0 Å². The fraction of sp³-hybridized carbons (Fsp3) is 0.303. The second-order valence-electron chi connectivity index (χ2n) is 11.5. The Morgan fingerprint density at radius 1 is 1.00 bits per heavy atom. The molecule has 4 unspecified atom stereocenters. The van der Waals surface area contributed by atoms with E-state index < -0.39 is 35.3 Å². The van der Waals surface area contributed by atoms with Gasteiger partial charge in [0.05, 0.1) is 29.9 Å². The molecule has 218 valence electrons. The van der Waals surface area contributed by atoms with Gasteiger partial charge < -0.3 is 9.59 Å². The third kappa shape index (κ3) is 4.98. The number of halogens is 6. The number of fused-ring (bicyclic) bond motifs is 4. The van der Waals surface area contributed by atoms with Crippen LogP contribution in [0.25, 0.3) is 22.2 Å². The first kappa shape index (κ1) is 28.4. The number of pyridine rings is 1. The molecule has 0 amide bonds. The Bertz CT molecular complexity index is 1630. The maximum atomic E-state index is 14.2. The molecule has 0 spiro atoms. The molecule has 0 saturated carbocycles. The summed E-state index contributed by atoms with van der Waals surface area (Å²) >= 11 is 0. The smallest absolute Gasteiger partial charge is 0.382 e. The lowest BCUT2D eigenvalue weighted by Gasteiger charge is -2.58. The van der Waals surface area contributed by atoms with Crippen molar-refractivity contribution in [3.63, 3.8) is 0 Å². The lowest BCUT2D eigenvalue weighted by molar-refractivity contribution is -0.985. The first-order valence-electron chi connectivity index (χ1n) is 13.9. The second kappa shape index (κ2) is 10.5. The number of nitrogens with zero attached hydrogens (tertiary/aromatic N) is 2. The second-order valence-corrected chi connectivity index (χ2v) is 11.5. The quantitative estimate of drug-likeness (QED) is 0.108. The summed E-state index contributed by atoms with van der Waals surface area (Å²) in [6.45, 7) is 5.45. The summed E-state index contributed by atoms with van der Waals surface area (Å²) in [4.78, 5) is 4.68. The SMILES string of the molecule is C=CC1C[N+]2(Cc3cc(F)c(F)c(F)c3)CCC1CC2[C@@H](O)c1cc(-c2ccc(C(F)(F)F)cc2)nc2ccccc12. The van der Waals surface area contributed by atoms with Gasteiger partial charge in [-0.1, -0.05) is 36.4 Å². The van der Waals surface area contributed by atoms with Gasteiger partial charge in [0.2, 0.25) is 0 Å². The van der Waals surface area contributed by atoms with Crippen LogP contribution < -0.4 is 0 Å². The van der Waals surface area contributed by atoms with Crippen molar-refractivity contribution in [2.75, 3.05) is 13.1 Å². The van der Waals surface area contributed by atoms with Crippen molar-refractivity contribution < 1.29 is 35.9 Å². The maximum absolute atomic E-state index is 14.2. The highest BCUT2D eigenvalue weighted by Gasteiger charge is 2.54. The molecular formula is C33H29F6N2O+. The molecule has 1 N–H and O–H groups in total. The molecule has 3 nitrogen and oxygen atoms in total. The lowest BCUT2D eigenvalue weighted by atomic mass is 9.71. The Kier molecular flexibility index (Phi) is 7.14. The minimum atomic E-state index is -4.47. The van der Waals surface area contributed by atoms with Gasteiger partial charge in [-0.05, 0) is 47.9 Å². The van der Waals surface area contributed by atoms with Crippen molar-refractivity contribution in [2.24, 2.45) is 11.8 Å². The van der Waals surface area contributed by atoms with Crippen LogP contribution in [0.15, 0.2) is 79.4 Å². The number of rotatable bonds is 6. The van der Waals surface area contributed by atoms with Crippen LogP contribution in [0.3, 0.4) is 0 Å². The molecule has 5 atom stereocenters. The zero-order valence-electron chi connectivity index (χ0n) is 22.6. The number of piperidine rings is 3. The van der Waals surface area contributed by atoms with Crippen LogP contribution in [0, 0.1) is 29.3 Å². The van der Waals surface area contributed by atoms with E-state index in [0.29, 0.717) is 57.3 Å². The van der Waals surface area contributed by atoms with Crippen LogP contribution in [0.2, 0.25) is 0 Å². The number of hydrogen-bond donors (Lipinski definition) is 1. The van der Waals surface area contributed by atoms with E-state index in [2.05, 4.69) is 11.6 Å². The number of aliphatic hydroxyl groups excluding tert-OH is 1. The van der Waals surface area contributed by atoms with E-state index in [1.54, 1.807) is 18.2 Å². The Balaban J connectivity index is 1.43. The molecule has 0 aliphatic carbocycles. The minimum Gasteiger partial charge on any atom is -0.382 e. The van der Waals surface area contributed by atoms with Gasteiger partial charge in [-0.15, -0.1) is 6.58 Å². The summed E-state index contributed by atoms with van der Waals surface area (Å²) in [5.74, 6) is -3.61. The van der Waals surface area contributed by atoms with Gasteiger partial charge in [0.1, 0.15) is 18.7 Å². The van der Waals surface area contributed by atoms with Crippen LogP contribution >= 0.6 is 0 Å². The predicted octanol–water partition coefficient (Wildman–Crippen LogP) is 7.98. The number of alkyl halides is 3. The van der Waals surface area contributed by atoms with Crippen molar-refractivity contribution in [3.8, 4) is 11.3 Å². The van der Waals surface area contributed by atoms with Crippen molar-refractivity contribution in [2.45, 2.75) is 37.7 Å². The van der Waals surface area contributed by atoms with E-state index in [1.165, 1.54) is 12.1 Å². The molecule has 7 rings (SSSR count). The number of para-hydroxylation sites is 1. The van der Waals surface area contributed by atoms with E-state index in [0.717, 1.165) is 30.7 Å². The summed E-state index contributed by atoms with van der Waals surface area (Å²) in [5, 5.41) is 12.8. The molecule has 4 aromatic rings. The van der Waals surface area contributed by atoms with Gasteiger partial charge in [-0.3, -0.25) is 0 Å². The predicted molar refractivity (Wildman–Crippen MR) is 147 cm³/mol. The topological polar surface area (TPSA) is 33.1 Å². The van der Waals surface area contributed by atoms with E-state index in [9.17, 15) is 31.4 Å². The number of hydrogen-bond acceptors (Lipinski definition) is 2. The molecule has 3 aromatic carbocycles. The normalized spacial score (nSPS) is 24.6. The molecule has 0 radical (unpaired) electrons. The zero-order chi connectivity index (χ0) is 29.8. The van der Waals surface area contributed by atoms with Crippen molar-refractivity contribution in [1.82, 2.24) is 4.98 Å². The Morgan fingerprint density at radius 3 is 2.36 bits per heavy atom. The third-order valence-electron chi connectivity index (χ3n) is 9.16. The summed E-state index contributed by atoms with van der Waals surface area (Å²) < 4.78 is 82.0. The molecule has 42 heavy (non-hydrogen) atoms. The van der Waals surface area contributed by atoms with Crippen LogP contribution in [-0.4, -0.2) is 33.7 Å². The lowest BCUT2D eigenvalue weighted by Crippen LogP contribution is -2.67. The molecule has 3 fully saturated rings. The van der Waals surface area contributed by atoms with E-state index in [4.69, 9.17) is 0 Å². The average molecular weight is 584 g/mol. The summed E-state index contributed by atoms with van der Waals surface area (Å²) in [5.41, 5.74) is 1.59. The van der Waals surface area contributed by atoms with E-state index >= 15 is 0 Å². The van der Waals surface area contributed by atoms with Gasteiger partial charge >= 0.3 is 6.18 Å². The number of aromatic nitrogens is 1. The third-order valence-corrected chi connectivity index (χ3v) is 9.16. The minimum absolute atomic E-state index is 0.147. The van der Waals surface area contributed by atoms with Crippen molar-refractivity contribution >= 4 is 10.9 Å². The highest BCUT2D eigenvalue weighted by Crippen LogP contribution is 2.48. The van der Waals surface area contributed by atoms with Crippen molar-refractivity contribution in [3.05, 3.63) is 114 Å². The van der Waals surface area contributed by atoms with Crippen molar-refractivity contribution in [1.29, 1.82) is 0 Å². The Labute approximate surface area is 239 Å². The highest BCUT2D eigenvalue weighted by molar-refractivity contribution is 5.85. The first-order chi connectivity index (χ1) is 20.0. The van der Waals surface area contributed by atoms with Gasteiger partial charge in [0.15, 0.2) is 17.5 Å². The Hall–Kier alpha value is -3.69. The molecular weight excluding hydrogens is 554 g/mol. The van der Waals surface area contributed by atoms with Gasteiger partial charge in [0, 0.05) is 35.3 Å². The largest absolute Gasteiger partial charge is 0.416 e. The summed E-state index contributed by atoms with van der Waals surface area (Å²) in [6, 6.07) is 15.4. The van der Waals surface area contributed by atoms with E-state index in [1.807, 2.05) is 18.2 Å². The number of benzene rings is 3. The average Bonchev–Trinajstić information content (AvgIpc) is 2.98. The van der Waals surface area contributed by atoms with Gasteiger partial charge in [-0.25, -0.2) is 18.2 Å². The standard InChI is InChI=1S/C33H29F6N2O/c1-2-20-18-41(17-19-13-26(34)31(36)27(35)14-19)12-11-22(20)15-30(41)32(42)25-16-29(40-28-6-4-3-5-24(25)28)21-7-9-23(10-8-21)33(37,38)39/h2-10,13-14,16,20,22,30,32,42H,1,11-12,15,17-18H2/q+1/t20?,22?,30?,32-,41?/m0/s1. The number of aliphatic hydroxyl groups is 1. The molecule has 1 aromatic heterocycles. The molecule has 3 saturated heterocycles. The van der Waals surface area contributed by atoms with Crippen LogP contribution in [0.1, 0.15) is 35.6 Å². The van der Waals surface area contributed by atoms with E-state index in [-0.39, 0.29) is 24.4 Å². The Morgan fingerprint density at radius 2 is 1.69 bits per heavy atom. The molecule has 9 heteroatoms. The molecule has 3 aliphatic rings. The summed E-state index contributed by atoms with van der Waals surface area (Å²) in [6.07, 6.45) is -2.11. The van der Waals surface area contributed by atoms with Gasteiger partial charge in [-0.2, -0.15) is 13.2 Å². The molecule has 2 bridgehead atoms. The molecule has 3 aliphatic heterocycles. The monoisotopic (exact) mass is 583 g/mol. The fourth-order valence-corrected chi connectivity index (χ4v) is 7.08. The highest BCUT2D eigenvalue weighted by atomic mass is 19.4. The summed E-state index contributed by atoms with van der Waals surface area (Å²) in [7, 11) is 0. The fourth-order valence-electron chi connectivity index (χ4n) is 7.08. The zero-order valence-corrected chi connectivity index (χ0v) is 22.6. The van der Waals surface area contributed by atoms with Crippen LogP contribution in [-0.2, 0) is 12.7 Å². The molecule has 4 heterocycles. The first-order valence-corrected chi connectivity index (χ1v) is 13.9. The number of quaternary nitrogens is 1. The maximum Gasteiger partial charge on any atom is 0.416 e. The van der Waals surface area contributed by atoms with Crippen LogP contribution in [0.4, 0.5) is 26.3 Å². The van der Waals surface area contributed by atoms with Gasteiger partial charge in [0.25, 0.3) is 0 Å².